The number of anilines is 1. The summed E-state index contributed by atoms with van der Waals surface area (Å²) < 4.78 is 0. The molecule has 0 radical (unpaired) electrons. The van der Waals surface area contributed by atoms with Crippen molar-refractivity contribution < 1.29 is 5.11 Å². The fourth-order valence-corrected chi connectivity index (χ4v) is 1.96. The molecule has 124 valence electrons. The van der Waals surface area contributed by atoms with Crippen molar-refractivity contribution in [1.82, 2.24) is 5.32 Å². The monoisotopic (exact) mass is 314 g/mol. The second-order valence-electron chi connectivity index (χ2n) is 4.93. The first-order valence-corrected chi connectivity index (χ1v) is 7.78. The Morgan fingerprint density at radius 1 is 1.26 bits per heavy atom. The summed E-state index contributed by atoms with van der Waals surface area (Å²) in [6.07, 6.45) is 8.34. The van der Waals surface area contributed by atoms with Crippen LogP contribution in [-0.2, 0) is 0 Å². The van der Waals surface area contributed by atoms with Crippen molar-refractivity contribution in [2.45, 2.75) is 13.3 Å². The number of rotatable bonds is 10. The van der Waals surface area contributed by atoms with Crippen LogP contribution in [0.1, 0.15) is 13.3 Å². The van der Waals surface area contributed by atoms with Crippen LogP contribution < -0.4 is 10.2 Å². The Kier molecular flexibility index (Phi) is 9.09. The summed E-state index contributed by atoms with van der Waals surface area (Å²) in [6, 6.07) is 7.81. The normalized spacial score (nSPS) is 11.6. The third kappa shape index (κ3) is 7.42. The first-order chi connectivity index (χ1) is 11.2. The number of benzene rings is 1. The molecular formula is C18H26N4O. The molecule has 0 aliphatic rings. The number of aliphatic hydroxyl groups excluding tert-OH is 1. The molecule has 0 bridgehead atoms. The molecule has 0 heterocycles. The molecule has 0 unspecified atom stereocenters. The molecule has 0 spiro atoms. The van der Waals surface area contributed by atoms with Gasteiger partial charge in [0.25, 0.3) is 0 Å². The largest absolute Gasteiger partial charge is 0.395 e. The van der Waals surface area contributed by atoms with Crippen molar-refractivity contribution in [3.63, 3.8) is 0 Å². The van der Waals surface area contributed by atoms with E-state index in [-0.39, 0.29) is 6.61 Å². The smallest absolute Gasteiger partial charge is 0.0858 e. The predicted octanol–water partition coefficient (Wildman–Crippen LogP) is 3.78. The van der Waals surface area contributed by atoms with Crippen LogP contribution in [0.5, 0.6) is 0 Å². The number of nitrogens with one attached hydrogen (secondary N) is 1. The molecule has 1 aromatic rings. The van der Waals surface area contributed by atoms with Crippen LogP contribution >= 0.6 is 0 Å². The molecule has 1 rings (SSSR count). The van der Waals surface area contributed by atoms with Crippen molar-refractivity contribution in [2.24, 2.45) is 10.2 Å². The van der Waals surface area contributed by atoms with E-state index in [0.717, 1.165) is 24.3 Å². The van der Waals surface area contributed by atoms with Crippen molar-refractivity contribution >= 4 is 11.4 Å². The molecule has 0 saturated heterocycles. The molecule has 0 aromatic heterocycles. The highest BCUT2D eigenvalue weighted by molar-refractivity contribution is 5.52. The molecule has 0 fully saturated rings. The maximum absolute atomic E-state index is 9.13. The second kappa shape index (κ2) is 11.2. The zero-order valence-electron chi connectivity index (χ0n) is 13.9. The summed E-state index contributed by atoms with van der Waals surface area (Å²) in [7, 11) is 1.84. The third-order valence-electron chi connectivity index (χ3n) is 3.03. The van der Waals surface area contributed by atoms with Gasteiger partial charge in [0.1, 0.15) is 0 Å². The third-order valence-corrected chi connectivity index (χ3v) is 3.03. The van der Waals surface area contributed by atoms with E-state index in [0.29, 0.717) is 12.2 Å². The molecule has 0 aliphatic heterocycles. The molecular weight excluding hydrogens is 288 g/mol. The van der Waals surface area contributed by atoms with E-state index in [4.69, 9.17) is 5.11 Å². The van der Waals surface area contributed by atoms with E-state index in [9.17, 15) is 0 Å². The van der Waals surface area contributed by atoms with Gasteiger partial charge in [0.05, 0.1) is 18.0 Å². The van der Waals surface area contributed by atoms with E-state index in [1.165, 1.54) is 0 Å². The van der Waals surface area contributed by atoms with Crippen LogP contribution in [0.3, 0.4) is 0 Å². The average molecular weight is 314 g/mol. The lowest BCUT2D eigenvalue weighted by Gasteiger charge is -2.23. The molecule has 5 nitrogen and oxygen atoms in total. The first kappa shape index (κ1) is 18.6. The van der Waals surface area contributed by atoms with Crippen molar-refractivity contribution in [3.05, 3.63) is 61.0 Å². The molecule has 0 atom stereocenters. The number of nitrogens with zero attached hydrogens (tertiary/aromatic N) is 3. The van der Waals surface area contributed by atoms with Crippen molar-refractivity contribution in [2.75, 3.05) is 31.6 Å². The Morgan fingerprint density at radius 3 is 2.61 bits per heavy atom. The SMILES string of the molecule is C=C(/C=C\C=C/NC)N=Nc1ccc(N(CCC)CCO)cc1. The van der Waals surface area contributed by atoms with Crippen LogP contribution in [0.4, 0.5) is 11.4 Å². The Hall–Kier alpha value is -2.40. The Balaban J connectivity index is 2.65. The van der Waals surface area contributed by atoms with Gasteiger partial charge < -0.3 is 15.3 Å². The minimum Gasteiger partial charge on any atom is -0.395 e. The maximum atomic E-state index is 9.13. The number of hydrogen-bond acceptors (Lipinski definition) is 5. The van der Waals surface area contributed by atoms with Crippen LogP contribution in [0, 0.1) is 0 Å². The minimum atomic E-state index is 0.148. The highest BCUT2D eigenvalue weighted by Crippen LogP contribution is 2.20. The van der Waals surface area contributed by atoms with E-state index in [2.05, 4.69) is 33.9 Å². The van der Waals surface area contributed by atoms with Gasteiger partial charge in [0.2, 0.25) is 0 Å². The van der Waals surface area contributed by atoms with E-state index >= 15 is 0 Å². The van der Waals surface area contributed by atoms with Crippen LogP contribution in [-0.4, -0.2) is 31.9 Å². The summed E-state index contributed by atoms with van der Waals surface area (Å²) >= 11 is 0. The van der Waals surface area contributed by atoms with Gasteiger partial charge in [-0.2, -0.15) is 10.2 Å². The van der Waals surface area contributed by atoms with Gasteiger partial charge in [-0.1, -0.05) is 19.6 Å². The standard InChI is InChI=1S/C18H26N4O/c1-4-13-22(14-15-23)18-10-8-17(9-11-18)21-20-16(2)7-5-6-12-19-3/h5-12,19,23H,2,4,13-15H2,1,3H3/b7-5-,12-6-,21-20?. The van der Waals surface area contributed by atoms with Gasteiger partial charge in [0, 0.05) is 25.8 Å². The lowest BCUT2D eigenvalue weighted by atomic mass is 10.2. The summed E-state index contributed by atoms with van der Waals surface area (Å²) in [5.41, 5.74) is 2.44. The summed E-state index contributed by atoms with van der Waals surface area (Å²) in [6.45, 7) is 7.65. The van der Waals surface area contributed by atoms with Crippen LogP contribution in [0.2, 0.25) is 0 Å². The molecule has 2 N–H and O–H groups in total. The zero-order chi connectivity index (χ0) is 16.9. The van der Waals surface area contributed by atoms with Gasteiger partial charge in [-0.25, -0.2) is 0 Å². The summed E-state index contributed by atoms with van der Waals surface area (Å²) in [5, 5.41) is 20.3. The first-order valence-electron chi connectivity index (χ1n) is 7.78. The molecule has 0 aliphatic carbocycles. The molecule has 1 aromatic carbocycles. The van der Waals surface area contributed by atoms with Gasteiger partial charge in [-0.3, -0.25) is 0 Å². The van der Waals surface area contributed by atoms with Crippen molar-refractivity contribution in [1.29, 1.82) is 0 Å². The minimum absolute atomic E-state index is 0.148. The molecule has 0 amide bonds. The van der Waals surface area contributed by atoms with E-state index in [1.807, 2.05) is 49.7 Å². The number of allylic oxidation sites excluding steroid dienone is 3. The van der Waals surface area contributed by atoms with Crippen LogP contribution in [0.25, 0.3) is 0 Å². The summed E-state index contributed by atoms with van der Waals surface area (Å²) in [5.74, 6) is 0. The Morgan fingerprint density at radius 2 is 2.00 bits per heavy atom. The maximum Gasteiger partial charge on any atom is 0.0858 e. The molecule has 23 heavy (non-hydrogen) atoms. The van der Waals surface area contributed by atoms with E-state index < -0.39 is 0 Å². The zero-order valence-corrected chi connectivity index (χ0v) is 13.9. The lowest BCUT2D eigenvalue weighted by Crippen LogP contribution is -2.27. The summed E-state index contributed by atoms with van der Waals surface area (Å²) in [4.78, 5) is 2.15. The number of hydrogen-bond donors (Lipinski definition) is 2. The Labute approximate surface area is 138 Å². The van der Waals surface area contributed by atoms with Gasteiger partial charge in [-0.05, 0) is 49.0 Å². The average Bonchev–Trinajstić information content (AvgIpc) is 2.57. The highest BCUT2D eigenvalue weighted by Gasteiger charge is 2.04. The molecule has 5 heteroatoms. The van der Waals surface area contributed by atoms with Gasteiger partial charge in [0.15, 0.2) is 0 Å². The van der Waals surface area contributed by atoms with Crippen molar-refractivity contribution in [3.8, 4) is 0 Å². The quantitative estimate of drug-likeness (QED) is 0.510. The topological polar surface area (TPSA) is 60.2 Å². The Bertz CT molecular complexity index is 541. The van der Waals surface area contributed by atoms with Gasteiger partial charge in [-0.15, -0.1) is 0 Å². The number of aliphatic hydroxyl groups is 1. The lowest BCUT2D eigenvalue weighted by molar-refractivity contribution is 0.302. The highest BCUT2D eigenvalue weighted by atomic mass is 16.3. The van der Waals surface area contributed by atoms with Crippen LogP contribution in [0.15, 0.2) is 71.2 Å². The predicted molar refractivity (Wildman–Crippen MR) is 97.0 cm³/mol. The molecule has 0 saturated carbocycles. The fraction of sp³-hybridized carbons (Fsp3) is 0.333. The second-order valence-corrected chi connectivity index (χ2v) is 4.93. The van der Waals surface area contributed by atoms with E-state index in [1.54, 1.807) is 6.08 Å². The number of azo groups is 1. The van der Waals surface area contributed by atoms with Gasteiger partial charge >= 0.3 is 0 Å². The fourth-order valence-electron chi connectivity index (χ4n) is 1.96.